The predicted molar refractivity (Wildman–Crippen MR) is 141 cm³/mol. The molecule has 1 aliphatic heterocycles. The average molecular weight is 495 g/mol. The van der Waals surface area contributed by atoms with Crippen LogP contribution in [-0.2, 0) is 4.79 Å². The number of rotatable bonds is 8. The lowest BCUT2D eigenvalue weighted by Gasteiger charge is -2.30. The number of hydrogen-bond donors (Lipinski definition) is 3. The highest BCUT2D eigenvalue weighted by atomic mass is 35.5. The summed E-state index contributed by atoms with van der Waals surface area (Å²) in [6, 6.07) is 13.6. The third-order valence-electron chi connectivity index (χ3n) is 6.04. The van der Waals surface area contributed by atoms with Crippen molar-refractivity contribution in [3.8, 4) is 5.75 Å². The van der Waals surface area contributed by atoms with Gasteiger partial charge >= 0.3 is 0 Å². The molecule has 2 aromatic carbocycles. The molecule has 0 aliphatic carbocycles. The number of amides is 1. The van der Waals surface area contributed by atoms with Gasteiger partial charge in [-0.2, -0.15) is 4.98 Å². The van der Waals surface area contributed by atoms with E-state index in [1.54, 1.807) is 13.3 Å². The predicted octanol–water partition coefficient (Wildman–Crippen LogP) is 5.78. The molecule has 1 amide bonds. The van der Waals surface area contributed by atoms with Crippen LogP contribution >= 0.6 is 11.6 Å². The van der Waals surface area contributed by atoms with Crippen LogP contribution in [0.3, 0.4) is 0 Å². The van der Waals surface area contributed by atoms with Crippen molar-refractivity contribution in [2.75, 3.05) is 43.2 Å². The van der Waals surface area contributed by atoms with Crippen molar-refractivity contribution in [3.05, 3.63) is 59.2 Å². The lowest BCUT2D eigenvalue weighted by atomic mass is 9.90. The van der Waals surface area contributed by atoms with E-state index in [9.17, 15) is 4.79 Å². The lowest BCUT2D eigenvalue weighted by Crippen LogP contribution is -2.30. The quantitative estimate of drug-likeness (QED) is 0.365. The zero-order valence-electron chi connectivity index (χ0n) is 20.3. The Balaban J connectivity index is 1.51. The molecule has 8 nitrogen and oxygen atoms in total. The molecule has 3 aromatic rings. The Labute approximate surface area is 211 Å². The van der Waals surface area contributed by atoms with Gasteiger partial charge in [0.2, 0.25) is 11.9 Å². The van der Waals surface area contributed by atoms with E-state index in [0.717, 1.165) is 30.2 Å². The number of likely N-dealkylation sites (tertiary alicyclic amines) is 1. The van der Waals surface area contributed by atoms with E-state index in [1.165, 1.54) is 18.4 Å². The average Bonchev–Trinajstić information content (AvgIpc) is 2.86. The molecular formula is C26H31ClN6O2. The van der Waals surface area contributed by atoms with Crippen LogP contribution in [0, 0.1) is 0 Å². The molecule has 1 aliphatic rings. The first-order valence-corrected chi connectivity index (χ1v) is 12.2. The number of carbonyl (C=O) groups is 1. The molecule has 9 heteroatoms. The van der Waals surface area contributed by atoms with Crippen LogP contribution < -0.4 is 20.7 Å². The summed E-state index contributed by atoms with van der Waals surface area (Å²) in [7, 11) is 3.83. The van der Waals surface area contributed by atoms with Crippen LogP contribution in [0.1, 0.15) is 37.7 Å². The molecule has 1 unspecified atom stereocenters. The van der Waals surface area contributed by atoms with Crippen LogP contribution in [0.4, 0.5) is 28.8 Å². The van der Waals surface area contributed by atoms with Gasteiger partial charge < -0.3 is 25.6 Å². The highest BCUT2D eigenvalue weighted by molar-refractivity contribution is 6.32. The zero-order valence-corrected chi connectivity index (χ0v) is 21.0. The third kappa shape index (κ3) is 6.41. The van der Waals surface area contributed by atoms with E-state index < -0.39 is 0 Å². The van der Waals surface area contributed by atoms with Gasteiger partial charge in [0.15, 0.2) is 5.82 Å². The number of methoxy groups -OCH3 is 1. The van der Waals surface area contributed by atoms with E-state index in [2.05, 4.69) is 50.0 Å². The maximum atomic E-state index is 11.7. The monoisotopic (exact) mass is 494 g/mol. The summed E-state index contributed by atoms with van der Waals surface area (Å²) in [4.78, 5) is 22.9. The van der Waals surface area contributed by atoms with Crippen molar-refractivity contribution in [2.45, 2.75) is 32.1 Å². The molecule has 0 saturated carbocycles. The van der Waals surface area contributed by atoms with Gasteiger partial charge in [0.1, 0.15) is 10.8 Å². The van der Waals surface area contributed by atoms with Crippen LogP contribution in [0.15, 0.2) is 48.7 Å². The summed E-state index contributed by atoms with van der Waals surface area (Å²) in [6.45, 7) is 4.00. The molecule has 1 saturated heterocycles. The van der Waals surface area contributed by atoms with Gasteiger partial charge in [-0.05, 0) is 68.2 Å². The summed E-state index contributed by atoms with van der Waals surface area (Å²) in [6.07, 6.45) is 4.33. The van der Waals surface area contributed by atoms with Gasteiger partial charge in [-0.15, -0.1) is 0 Å². The lowest BCUT2D eigenvalue weighted by molar-refractivity contribution is -0.115. The number of hydrogen-bond acceptors (Lipinski definition) is 7. The van der Waals surface area contributed by atoms with Gasteiger partial charge in [0, 0.05) is 24.3 Å². The molecule has 0 radical (unpaired) electrons. The fraction of sp³-hybridized carbons (Fsp3) is 0.346. The maximum absolute atomic E-state index is 11.7. The minimum atomic E-state index is -0.0492. The van der Waals surface area contributed by atoms with E-state index in [4.69, 9.17) is 16.3 Å². The number of nitrogens with zero attached hydrogens (tertiary/aromatic N) is 3. The number of aromatic nitrogens is 2. The van der Waals surface area contributed by atoms with Crippen LogP contribution in [-0.4, -0.2) is 48.0 Å². The van der Waals surface area contributed by atoms with E-state index in [0.29, 0.717) is 34.8 Å². The summed E-state index contributed by atoms with van der Waals surface area (Å²) < 4.78 is 5.68. The normalized spacial score (nSPS) is 15.9. The molecule has 4 rings (SSSR count). The zero-order chi connectivity index (χ0) is 24.8. The maximum Gasteiger partial charge on any atom is 0.229 e. The standard InChI is InChI=1S/C26H31ClN6O2/c1-4-24(34)29-19-8-5-9-20(14-19)30-26-28-15-21(27)25(32-26)31-22-11-10-17(13-23(22)35-3)18-7-6-12-33(2)16-18/h5,8-11,13-15,18H,4,6-7,12,16H2,1-3H3,(H,29,34)(H2,28,30,31,32). The molecule has 184 valence electrons. The molecule has 0 bridgehead atoms. The minimum Gasteiger partial charge on any atom is -0.495 e. The molecule has 1 aromatic heterocycles. The molecule has 0 spiro atoms. The Morgan fingerprint density at radius 1 is 1.20 bits per heavy atom. The summed E-state index contributed by atoms with van der Waals surface area (Å²) in [5.41, 5.74) is 3.48. The number of halogens is 1. The Kier molecular flexibility index (Phi) is 8.05. The van der Waals surface area contributed by atoms with E-state index in [1.807, 2.05) is 37.3 Å². The van der Waals surface area contributed by atoms with E-state index >= 15 is 0 Å². The van der Waals surface area contributed by atoms with Crippen molar-refractivity contribution >= 4 is 46.3 Å². The van der Waals surface area contributed by atoms with Crippen molar-refractivity contribution in [2.24, 2.45) is 0 Å². The SMILES string of the molecule is CCC(=O)Nc1cccc(Nc2ncc(Cl)c(Nc3ccc(C4CCCN(C)C4)cc3OC)n2)c1. The Morgan fingerprint density at radius 3 is 2.80 bits per heavy atom. The van der Waals surface area contributed by atoms with Gasteiger partial charge in [-0.1, -0.05) is 30.7 Å². The van der Waals surface area contributed by atoms with Gasteiger partial charge in [-0.3, -0.25) is 4.79 Å². The Hall–Kier alpha value is -3.36. The number of ether oxygens (including phenoxy) is 1. The van der Waals surface area contributed by atoms with Crippen molar-refractivity contribution in [1.29, 1.82) is 0 Å². The van der Waals surface area contributed by atoms with Crippen LogP contribution in [0.5, 0.6) is 5.75 Å². The number of anilines is 5. The first-order valence-electron chi connectivity index (χ1n) is 11.8. The third-order valence-corrected chi connectivity index (χ3v) is 6.32. The molecule has 1 fully saturated rings. The second kappa shape index (κ2) is 11.4. The first-order chi connectivity index (χ1) is 16.9. The first kappa shape index (κ1) is 24.8. The van der Waals surface area contributed by atoms with Crippen LogP contribution in [0.25, 0.3) is 0 Å². The van der Waals surface area contributed by atoms with Crippen LogP contribution in [0.2, 0.25) is 5.02 Å². The number of piperidine rings is 1. The highest BCUT2D eigenvalue weighted by Crippen LogP contribution is 2.35. The van der Waals surface area contributed by atoms with Gasteiger partial charge in [0.25, 0.3) is 0 Å². The van der Waals surface area contributed by atoms with Gasteiger partial charge in [0.05, 0.1) is 19.0 Å². The molecule has 2 heterocycles. The second-order valence-electron chi connectivity index (χ2n) is 8.68. The topological polar surface area (TPSA) is 91.4 Å². The smallest absolute Gasteiger partial charge is 0.229 e. The second-order valence-corrected chi connectivity index (χ2v) is 9.09. The number of carbonyl (C=O) groups excluding carboxylic acids is 1. The minimum absolute atomic E-state index is 0.0492. The van der Waals surface area contributed by atoms with Crippen molar-refractivity contribution < 1.29 is 9.53 Å². The fourth-order valence-corrected chi connectivity index (χ4v) is 4.34. The molecular weight excluding hydrogens is 464 g/mol. The summed E-state index contributed by atoms with van der Waals surface area (Å²) in [5.74, 6) is 2.01. The molecule has 35 heavy (non-hydrogen) atoms. The van der Waals surface area contributed by atoms with Crippen molar-refractivity contribution in [1.82, 2.24) is 14.9 Å². The fourth-order valence-electron chi connectivity index (χ4n) is 4.20. The van der Waals surface area contributed by atoms with E-state index in [-0.39, 0.29) is 5.91 Å². The van der Waals surface area contributed by atoms with Gasteiger partial charge in [-0.25, -0.2) is 4.98 Å². The summed E-state index contributed by atoms with van der Waals surface area (Å²) >= 11 is 6.40. The van der Waals surface area contributed by atoms with Crippen molar-refractivity contribution in [3.63, 3.8) is 0 Å². The number of nitrogens with one attached hydrogen (secondary N) is 3. The highest BCUT2D eigenvalue weighted by Gasteiger charge is 2.20. The largest absolute Gasteiger partial charge is 0.495 e. The molecule has 3 N–H and O–H groups in total. The number of benzene rings is 2. The Morgan fingerprint density at radius 2 is 2.03 bits per heavy atom. The number of likely N-dealkylation sites (N-methyl/N-ethyl adjacent to an activating group) is 1. The summed E-state index contributed by atoms with van der Waals surface area (Å²) in [5, 5.41) is 9.69. The Bertz CT molecular complexity index is 1190. The molecule has 1 atom stereocenters.